The van der Waals surface area contributed by atoms with E-state index in [1.807, 2.05) is 32.0 Å². The monoisotopic (exact) mass is 238 g/mol. The summed E-state index contributed by atoms with van der Waals surface area (Å²) in [6, 6.07) is 5.52. The molecule has 94 valence electrons. The second-order valence-corrected chi connectivity index (χ2v) is 3.43. The van der Waals surface area contributed by atoms with E-state index in [1.54, 1.807) is 0 Å². The third kappa shape index (κ3) is 4.34. The van der Waals surface area contributed by atoms with Crippen LogP contribution in [0.4, 0.5) is 0 Å². The van der Waals surface area contributed by atoms with Gasteiger partial charge in [0.2, 0.25) is 0 Å². The average Bonchev–Trinajstić information content (AvgIpc) is 2.30. The summed E-state index contributed by atoms with van der Waals surface area (Å²) in [5.41, 5.74) is 0.882. The van der Waals surface area contributed by atoms with E-state index in [9.17, 15) is 4.79 Å². The van der Waals surface area contributed by atoms with Crippen LogP contribution in [0.5, 0.6) is 11.5 Å². The van der Waals surface area contributed by atoms with E-state index in [2.05, 4.69) is 0 Å². The third-order valence-electron chi connectivity index (χ3n) is 2.05. The predicted molar refractivity (Wildman–Crippen MR) is 64.3 cm³/mol. The average molecular weight is 238 g/mol. The Hall–Kier alpha value is -1.71. The zero-order valence-electron chi connectivity index (χ0n) is 10.5. The Morgan fingerprint density at radius 1 is 1.12 bits per heavy atom. The van der Waals surface area contributed by atoms with Crippen molar-refractivity contribution in [3.63, 3.8) is 0 Å². The van der Waals surface area contributed by atoms with E-state index in [-0.39, 0.29) is 12.6 Å². The summed E-state index contributed by atoms with van der Waals surface area (Å²) in [6.07, 6.45) is 0. The van der Waals surface area contributed by atoms with Gasteiger partial charge in [-0.2, -0.15) is 0 Å². The van der Waals surface area contributed by atoms with Crippen LogP contribution in [0.15, 0.2) is 18.2 Å². The van der Waals surface area contributed by atoms with E-state index >= 15 is 0 Å². The molecule has 4 nitrogen and oxygen atoms in total. The summed E-state index contributed by atoms with van der Waals surface area (Å²) < 4.78 is 15.8. The molecule has 1 aromatic rings. The Labute approximate surface area is 101 Å². The molecule has 1 aromatic carbocycles. The molecule has 0 N–H and O–H groups in total. The predicted octanol–water partition coefficient (Wildman–Crippen LogP) is 2.55. The van der Waals surface area contributed by atoms with E-state index in [1.165, 1.54) is 6.92 Å². The summed E-state index contributed by atoms with van der Waals surface area (Å²) in [4.78, 5) is 10.7. The summed E-state index contributed by atoms with van der Waals surface area (Å²) >= 11 is 0. The van der Waals surface area contributed by atoms with Gasteiger partial charge in [0.15, 0.2) is 11.5 Å². The van der Waals surface area contributed by atoms with E-state index in [4.69, 9.17) is 14.2 Å². The van der Waals surface area contributed by atoms with Crippen LogP contribution < -0.4 is 9.47 Å². The quantitative estimate of drug-likeness (QED) is 0.714. The van der Waals surface area contributed by atoms with Gasteiger partial charge in [-0.25, -0.2) is 0 Å². The standard InChI is InChI=1S/C13H18O4/c1-4-15-12-7-6-11(9-17-10(3)14)8-13(12)16-5-2/h6-8H,4-5,9H2,1-3H3. The van der Waals surface area contributed by atoms with E-state index in [0.717, 1.165) is 5.56 Å². The van der Waals surface area contributed by atoms with Crippen molar-refractivity contribution in [3.8, 4) is 11.5 Å². The highest BCUT2D eigenvalue weighted by atomic mass is 16.5. The van der Waals surface area contributed by atoms with Crippen molar-refractivity contribution in [2.45, 2.75) is 27.4 Å². The number of ether oxygens (including phenoxy) is 3. The molecule has 0 aliphatic rings. The van der Waals surface area contributed by atoms with Crippen LogP contribution in [0.2, 0.25) is 0 Å². The lowest BCUT2D eigenvalue weighted by molar-refractivity contribution is -0.142. The van der Waals surface area contributed by atoms with Crippen LogP contribution >= 0.6 is 0 Å². The molecular formula is C13H18O4. The van der Waals surface area contributed by atoms with Crippen molar-refractivity contribution in [3.05, 3.63) is 23.8 Å². The summed E-state index contributed by atoms with van der Waals surface area (Å²) in [5.74, 6) is 1.09. The first-order valence-corrected chi connectivity index (χ1v) is 5.69. The van der Waals surface area contributed by atoms with Crippen LogP contribution in [-0.2, 0) is 16.1 Å². The molecule has 0 bridgehead atoms. The minimum Gasteiger partial charge on any atom is -0.490 e. The summed E-state index contributed by atoms with van der Waals surface area (Å²) in [6.45, 7) is 6.62. The van der Waals surface area contributed by atoms with Crippen LogP contribution in [0.1, 0.15) is 26.3 Å². The number of hydrogen-bond acceptors (Lipinski definition) is 4. The summed E-state index contributed by atoms with van der Waals surface area (Å²) in [7, 11) is 0. The highest BCUT2D eigenvalue weighted by molar-refractivity contribution is 5.66. The molecule has 17 heavy (non-hydrogen) atoms. The normalized spacial score (nSPS) is 9.82. The smallest absolute Gasteiger partial charge is 0.302 e. The van der Waals surface area contributed by atoms with Crippen molar-refractivity contribution in [1.29, 1.82) is 0 Å². The van der Waals surface area contributed by atoms with Gasteiger partial charge in [0.1, 0.15) is 6.61 Å². The lowest BCUT2D eigenvalue weighted by Crippen LogP contribution is -2.02. The molecule has 0 atom stereocenters. The van der Waals surface area contributed by atoms with Crippen LogP contribution in [0.3, 0.4) is 0 Å². The maximum absolute atomic E-state index is 10.7. The van der Waals surface area contributed by atoms with E-state index < -0.39 is 0 Å². The Bertz CT molecular complexity index is 374. The molecular weight excluding hydrogens is 220 g/mol. The Balaban J connectivity index is 2.80. The first-order valence-electron chi connectivity index (χ1n) is 5.69. The largest absolute Gasteiger partial charge is 0.490 e. The minimum absolute atomic E-state index is 0.252. The Morgan fingerprint density at radius 2 is 1.76 bits per heavy atom. The fraction of sp³-hybridized carbons (Fsp3) is 0.462. The molecule has 0 spiro atoms. The fourth-order valence-corrected chi connectivity index (χ4v) is 1.37. The van der Waals surface area contributed by atoms with Gasteiger partial charge >= 0.3 is 5.97 Å². The zero-order valence-corrected chi connectivity index (χ0v) is 10.5. The van der Waals surface area contributed by atoms with Gasteiger partial charge in [0, 0.05) is 6.92 Å². The van der Waals surface area contributed by atoms with Gasteiger partial charge in [-0.05, 0) is 31.5 Å². The molecule has 0 amide bonds. The van der Waals surface area contributed by atoms with Gasteiger partial charge in [0.05, 0.1) is 13.2 Å². The van der Waals surface area contributed by atoms with Gasteiger partial charge in [0.25, 0.3) is 0 Å². The van der Waals surface area contributed by atoms with Crippen molar-refractivity contribution < 1.29 is 19.0 Å². The molecule has 1 rings (SSSR count). The number of benzene rings is 1. The van der Waals surface area contributed by atoms with Crippen LogP contribution in [0, 0.1) is 0 Å². The number of rotatable bonds is 6. The number of carbonyl (C=O) groups excluding carboxylic acids is 1. The van der Waals surface area contributed by atoms with Crippen molar-refractivity contribution in [2.75, 3.05) is 13.2 Å². The first kappa shape index (κ1) is 13.4. The molecule has 0 fully saturated rings. The van der Waals surface area contributed by atoms with Crippen LogP contribution in [-0.4, -0.2) is 19.2 Å². The fourth-order valence-electron chi connectivity index (χ4n) is 1.37. The molecule has 0 unspecified atom stereocenters. The minimum atomic E-state index is -0.295. The van der Waals surface area contributed by atoms with Gasteiger partial charge < -0.3 is 14.2 Å². The highest BCUT2D eigenvalue weighted by Crippen LogP contribution is 2.28. The zero-order chi connectivity index (χ0) is 12.7. The number of hydrogen-bond donors (Lipinski definition) is 0. The molecule has 0 aromatic heterocycles. The number of carbonyl (C=O) groups is 1. The van der Waals surface area contributed by atoms with Crippen LogP contribution in [0.25, 0.3) is 0 Å². The maximum atomic E-state index is 10.7. The molecule has 0 saturated heterocycles. The van der Waals surface area contributed by atoms with E-state index in [0.29, 0.717) is 24.7 Å². The van der Waals surface area contributed by atoms with Gasteiger partial charge in [-0.15, -0.1) is 0 Å². The molecule has 0 radical (unpaired) electrons. The van der Waals surface area contributed by atoms with Crippen molar-refractivity contribution in [1.82, 2.24) is 0 Å². The maximum Gasteiger partial charge on any atom is 0.302 e. The first-order chi connectivity index (χ1) is 8.17. The number of esters is 1. The SMILES string of the molecule is CCOc1ccc(COC(C)=O)cc1OCC. The van der Waals surface area contributed by atoms with Gasteiger partial charge in [-0.1, -0.05) is 6.07 Å². The van der Waals surface area contributed by atoms with Gasteiger partial charge in [-0.3, -0.25) is 4.79 Å². The molecule has 0 saturated carbocycles. The van der Waals surface area contributed by atoms with Crippen molar-refractivity contribution in [2.24, 2.45) is 0 Å². The highest BCUT2D eigenvalue weighted by Gasteiger charge is 2.06. The molecule has 4 heteroatoms. The third-order valence-corrected chi connectivity index (χ3v) is 2.05. The molecule has 0 heterocycles. The molecule has 0 aliphatic carbocycles. The molecule has 0 aliphatic heterocycles. The topological polar surface area (TPSA) is 44.8 Å². The Kier molecular flexibility index (Phi) is 5.33. The Morgan fingerprint density at radius 3 is 2.35 bits per heavy atom. The second kappa shape index (κ2) is 6.78. The lowest BCUT2D eigenvalue weighted by Gasteiger charge is -2.12. The van der Waals surface area contributed by atoms with Crippen molar-refractivity contribution >= 4 is 5.97 Å². The second-order valence-electron chi connectivity index (χ2n) is 3.43. The lowest BCUT2D eigenvalue weighted by atomic mass is 10.2. The summed E-state index contributed by atoms with van der Waals surface area (Å²) in [5, 5.41) is 0.